The minimum absolute atomic E-state index is 0.0791. The zero-order valence-electron chi connectivity index (χ0n) is 15.8. The summed E-state index contributed by atoms with van der Waals surface area (Å²) in [6.45, 7) is 8.15. The predicted molar refractivity (Wildman–Crippen MR) is 96.1 cm³/mol. The van der Waals surface area contributed by atoms with E-state index in [-0.39, 0.29) is 11.8 Å². The van der Waals surface area contributed by atoms with E-state index in [0.29, 0.717) is 43.2 Å². The fourth-order valence-electron chi connectivity index (χ4n) is 2.94. The molecule has 1 aliphatic heterocycles. The molecule has 1 fully saturated rings. The highest BCUT2D eigenvalue weighted by Gasteiger charge is 2.30. The number of amides is 2. The lowest BCUT2D eigenvalue weighted by atomic mass is 9.94. The molecule has 1 heterocycles. The highest BCUT2D eigenvalue weighted by atomic mass is 16.5. The molecule has 0 aliphatic carbocycles. The summed E-state index contributed by atoms with van der Waals surface area (Å²) in [6, 6.07) is 5.19. The van der Waals surface area contributed by atoms with Crippen LogP contribution < -0.4 is 9.47 Å². The van der Waals surface area contributed by atoms with Crippen LogP contribution in [0.5, 0.6) is 11.5 Å². The Kier molecular flexibility index (Phi) is 5.93. The summed E-state index contributed by atoms with van der Waals surface area (Å²) >= 11 is 0. The van der Waals surface area contributed by atoms with Gasteiger partial charge in [-0.3, -0.25) is 9.59 Å². The Morgan fingerprint density at radius 3 is 2.20 bits per heavy atom. The molecule has 6 nitrogen and oxygen atoms in total. The van der Waals surface area contributed by atoms with Crippen LogP contribution >= 0.6 is 0 Å². The highest BCUT2D eigenvalue weighted by Crippen LogP contribution is 2.26. The van der Waals surface area contributed by atoms with Crippen molar-refractivity contribution in [2.75, 3.05) is 40.4 Å². The van der Waals surface area contributed by atoms with Gasteiger partial charge in [0.25, 0.3) is 5.91 Å². The molecule has 1 saturated heterocycles. The van der Waals surface area contributed by atoms with Gasteiger partial charge in [0.2, 0.25) is 5.91 Å². The third-order valence-corrected chi connectivity index (χ3v) is 4.35. The number of ether oxygens (including phenoxy) is 2. The highest BCUT2D eigenvalue weighted by molar-refractivity contribution is 5.97. The number of nitrogens with zero attached hydrogens (tertiary/aromatic N) is 2. The minimum atomic E-state index is -0.404. The van der Waals surface area contributed by atoms with Crippen LogP contribution in [0.3, 0.4) is 0 Å². The van der Waals surface area contributed by atoms with Gasteiger partial charge >= 0.3 is 0 Å². The van der Waals surface area contributed by atoms with E-state index in [0.717, 1.165) is 6.42 Å². The number of rotatable bonds is 3. The molecule has 1 aromatic carbocycles. The molecular weight excluding hydrogens is 320 g/mol. The predicted octanol–water partition coefficient (Wildman–Crippen LogP) is 2.42. The van der Waals surface area contributed by atoms with Crippen LogP contribution in [0.25, 0.3) is 0 Å². The summed E-state index contributed by atoms with van der Waals surface area (Å²) in [5.41, 5.74) is 0.108. The maximum Gasteiger partial charge on any atom is 0.257 e. The van der Waals surface area contributed by atoms with Gasteiger partial charge in [-0.15, -0.1) is 0 Å². The average molecular weight is 348 g/mol. The molecule has 138 valence electrons. The second kappa shape index (κ2) is 7.76. The summed E-state index contributed by atoms with van der Waals surface area (Å²) in [6.07, 6.45) is 0.770. The van der Waals surface area contributed by atoms with Crippen molar-refractivity contribution in [3.05, 3.63) is 23.8 Å². The first-order chi connectivity index (χ1) is 11.8. The summed E-state index contributed by atoms with van der Waals surface area (Å²) in [5, 5.41) is 0. The van der Waals surface area contributed by atoms with E-state index in [4.69, 9.17) is 9.47 Å². The van der Waals surface area contributed by atoms with Crippen LogP contribution in [0.4, 0.5) is 0 Å². The van der Waals surface area contributed by atoms with Gasteiger partial charge < -0.3 is 19.3 Å². The summed E-state index contributed by atoms with van der Waals surface area (Å²) < 4.78 is 10.5. The maximum absolute atomic E-state index is 12.9. The van der Waals surface area contributed by atoms with Gasteiger partial charge in [-0.2, -0.15) is 0 Å². The molecule has 0 bridgehead atoms. The molecule has 0 saturated carbocycles. The van der Waals surface area contributed by atoms with Crippen molar-refractivity contribution >= 4 is 11.8 Å². The van der Waals surface area contributed by atoms with Gasteiger partial charge in [0.1, 0.15) is 11.5 Å². The summed E-state index contributed by atoms with van der Waals surface area (Å²) in [4.78, 5) is 29.0. The molecular formula is C19H28N2O4. The molecule has 0 N–H and O–H groups in total. The molecule has 0 spiro atoms. The van der Waals surface area contributed by atoms with Crippen LogP contribution in [0.2, 0.25) is 0 Å². The number of methoxy groups -OCH3 is 2. The van der Waals surface area contributed by atoms with Crippen molar-refractivity contribution in [2.45, 2.75) is 27.2 Å². The number of carbonyl (C=O) groups excluding carboxylic acids is 2. The topological polar surface area (TPSA) is 59.1 Å². The SMILES string of the molecule is COc1ccc(C(=O)N2CCCN(C(=O)C(C)(C)C)CC2)c(OC)c1. The van der Waals surface area contributed by atoms with E-state index in [2.05, 4.69) is 0 Å². The van der Waals surface area contributed by atoms with Gasteiger partial charge in [-0.1, -0.05) is 20.8 Å². The molecule has 0 atom stereocenters. The summed E-state index contributed by atoms with van der Waals surface area (Å²) in [7, 11) is 3.11. The first-order valence-corrected chi connectivity index (χ1v) is 8.58. The van der Waals surface area contributed by atoms with Gasteiger partial charge in [0.05, 0.1) is 19.8 Å². The fraction of sp³-hybridized carbons (Fsp3) is 0.579. The number of carbonyl (C=O) groups is 2. The second-order valence-corrected chi connectivity index (χ2v) is 7.25. The van der Waals surface area contributed by atoms with E-state index in [1.165, 1.54) is 7.11 Å². The van der Waals surface area contributed by atoms with Crippen LogP contribution in [0.1, 0.15) is 37.6 Å². The molecule has 0 unspecified atom stereocenters. The molecule has 0 aromatic heterocycles. The van der Waals surface area contributed by atoms with Crippen molar-refractivity contribution in [3.63, 3.8) is 0 Å². The molecule has 2 amide bonds. The lowest BCUT2D eigenvalue weighted by molar-refractivity contribution is -0.139. The van der Waals surface area contributed by atoms with Gasteiger partial charge in [-0.05, 0) is 18.6 Å². The standard InChI is InChI=1S/C19H28N2O4/c1-19(2,3)18(23)21-10-6-9-20(11-12-21)17(22)15-8-7-14(24-4)13-16(15)25-5/h7-8,13H,6,9-12H2,1-5H3. The van der Waals surface area contributed by atoms with Crippen molar-refractivity contribution in [3.8, 4) is 11.5 Å². The van der Waals surface area contributed by atoms with Gasteiger partial charge in [0.15, 0.2) is 0 Å². The van der Waals surface area contributed by atoms with Gasteiger partial charge in [-0.25, -0.2) is 0 Å². The van der Waals surface area contributed by atoms with Crippen molar-refractivity contribution in [2.24, 2.45) is 5.41 Å². The van der Waals surface area contributed by atoms with Gasteiger partial charge in [0, 0.05) is 37.7 Å². The third kappa shape index (κ3) is 4.44. The van der Waals surface area contributed by atoms with Crippen LogP contribution in [-0.4, -0.2) is 62.0 Å². The monoisotopic (exact) mass is 348 g/mol. The maximum atomic E-state index is 12.9. The van der Waals surface area contributed by atoms with Crippen LogP contribution in [-0.2, 0) is 4.79 Å². The van der Waals surface area contributed by atoms with Crippen molar-refractivity contribution in [1.82, 2.24) is 9.80 Å². The Bertz CT molecular complexity index is 637. The number of hydrogen-bond donors (Lipinski definition) is 0. The summed E-state index contributed by atoms with van der Waals surface area (Å²) in [5.74, 6) is 1.19. The van der Waals surface area contributed by atoms with E-state index >= 15 is 0 Å². The first-order valence-electron chi connectivity index (χ1n) is 8.58. The van der Waals surface area contributed by atoms with Crippen LogP contribution in [0, 0.1) is 5.41 Å². The average Bonchev–Trinajstić information content (AvgIpc) is 2.85. The third-order valence-electron chi connectivity index (χ3n) is 4.35. The molecule has 6 heteroatoms. The second-order valence-electron chi connectivity index (χ2n) is 7.25. The van der Waals surface area contributed by atoms with E-state index in [9.17, 15) is 9.59 Å². The van der Waals surface area contributed by atoms with Crippen molar-refractivity contribution in [1.29, 1.82) is 0 Å². The minimum Gasteiger partial charge on any atom is -0.497 e. The molecule has 0 radical (unpaired) electrons. The smallest absolute Gasteiger partial charge is 0.257 e. The molecule has 25 heavy (non-hydrogen) atoms. The quantitative estimate of drug-likeness (QED) is 0.842. The molecule has 2 rings (SSSR count). The largest absolute Gasteiger partial charge is 0.497 e. The van der Waals surface area contributed by atoms with Crippen LogP contribution in [0.15, 0.2) is 18.2 Å². The van der Waals surface area contributed by atoms with E-state index < -0.39 is 5.41 Å². The zero-order chi connectivity index (χ0) is 18.6. The van der Waals surface area contributed by atoms with Crippen molar-refractivity contribution < 1.29 is 19.1 Å². The Hall–Kier alpha value is -2.24. The van der Waals surface area contributed by atoms with E-state index in [1.54, 1.807) is 30.2 Å². The Morgan fingerprint density at radius 1 is 0.960 bits per heavy atom. The fourth-order valence-corrected chi connectivity index (χ4v) is 2.94. The lowest BCUT2D eigenvalue weighted by Crippen LogP contribution is -2.42. The Morgan fingerprint density at radius 2 is 1.60 bits per heavy atom. The first kappa shape index (κ1) is 19.1. The normalized spacial score (nSPS) is 15.6. The molecule has 1 aliphatic rings. The number of hydrogen-bond acceptors (Lipinski definition) is 4. The molecule has 1 aromatic rings. The zero-order valence-corrected chi connectivity index (χ0v) is 15.8. The number of benzene rings is 1. The Labute approximate surface area is 149 Å². The lowest BCUT2D eigenvalue weighted by Gasteiger charge is -2.28. The Balaban J connectivity index is 2.12. The van der Waals surface area contributed by atoms with E-state index in [1.807, 2.05) is 25.7 Å².